The Morgan fingerprint density at radius 2 is 1.83 bits per heavy atom. The molecular weight excluding hydrogens is 356 g/mol. The number of nitrogens with two attached hydrogens (primary N) is 1. The lowest BCUT2D eigenvalue weighted by atomic mass is 9.83. The summed E-state index contributed by atoms with van der Waals surface area (Å²) in [7, 11) is -2.72. The molecule has 138 valence electrons. The number of esters is 1. The molecule has 3 N–H and O–H groups in total. The van der Waals surface area contributed by atoms with Crippen LogP contribution in [0.5, 0.6) is 0 Å². The molecule has 0 bridgehead atoms. The van der Waals surface area contributed by atoms with Gasteiger partial charge in [0.05, 0.1) is 7.11 Å². The average Bonchev–Trinajstić information content (AvgIpc) is 2.81. The number of nitrogens with one attached hydrogen (secondary N) is 1. The lowest BCUT2D eigenvalue weighted by molar-refractivity contribution is 0.0595. The van der Waals surface area contributed by atoms with Crippen molar-refractivity contribution in [2.75, 3.05) is 13.7 Å². The summed E-state index contributed by atoms with van der Waals surface area (Å²) in [6, 6.07) is 0. The number of hydrogen-bond donors (Lipinski definition) is 2. The van der Waals surface area contributed by atoms with Crippen LogP contribution in [0.25, 0.3) is 0 Å². The Morgan fingerprint density at radius 1 is 1.25 bits per heavy atom. The van der Waals surface area contributed by atoms with Crippen molar-refractivity contribution in [1.29, 1.82) is 0 Å². The van der Waals surface area contributed by atoms with Crippen LogP contribution in [0.2, 0.25) is 0 Å². The van der Waals surface area contributed by atoms with E-state index in [1.807, 2.05) is 0 Å². The van der Waals surface area contributed by atoms with Gasteiger partial charge in [-0.3, -0.25) is 0 Å². The maximum absolute atomic E-state index is 12.7. The third-order valence-corrected chi connectivity index (χ3v) is 5.88. The van der Waals surface area contributed by atoms with Crippen LogP contribution in [0.1, 0.15) is 54.0 Å². The molecule has 7 nitrogen and oxygen atoms in total. The summed E-state index contributed by atoms with van der Waals surface area (Å²) in [6.07, 6.45) is 4.68. The predicted molar refractivity (Wildman–Crippen MR) is 92.0 cm³/mol. The van der Waals surface area contributed by atoms with Crippen LogP contribution in [0.15, 0.2) is 9.31 Å². The normalized spacial score (nSPS) is 17.2. The second-order valence-electron chi connectivity index (χ2n) is 6.16. The SMILES string of the molecule is COC(=O)c1c(C)oc(C)c1S(=O)(=O)NCC1(N)CCCCC1.Cl. The Bertz CT molecular complexity index is 693. The van der Waals surface area contributed by atoms with Crippen LogP contribution in [0.3, 0.4) is 0 Å². The largest absolute Gasteiger partial charge is 0.465 e. The minimum absolute atomic E-state index is 0. The smallest absolute Gasteiger partial charge is 0.342 e. The maximum Gasteiger partial charge on any atom is 0.342 e. The highest BCUT2D eigenvalue weighted by atomic mass is 35.5. The van der Waals surface area contributed by atoms with E-state index in [4.69, 9.17) is 10.2 Å². The molecular formula is C15H25ClN2O5S. The van der Waals surface area contributed by atoms with Crippen LogP contribution >= 0.6 is 12.4 Å². The number of methoxy groups -OCH3 is 1. The van der Waals surface area contributed by atoms with E-state index in [-0.39, 0.29) is 40.9 Å². The second-order valence-corrected chi connectivity index (χ2v) is 7.86. The van der Waals surface area contributed by atoms with Crippen LogP contribution in [0, 0.1) is 13.8 Å². The number of furan rings is 1. The topological polar surface area (TPSA) is 112 Å². The first kappa shape index (κ1) is 21.0. The van der Waals surface area contributed by atoms with Crippen molar-refractivity contribution in [3.05, 3.63) is 17.1 Å². The zero-order valence-corrected chi connectivity index (χ0v) is 15.8. The van der Waals surface area contributed by atoms with E-state index < -0.39 is 21.5 Å². The third kappa shape index (κ3) is 4.30. The van der Waals surface area contributed by atoms with Crippen LogP contribution < -0.4 is 10.5 Å². The summed E-state index contributed by atoms with van der Waals surface area (Å²) in [5.41, 5.74) is 5.67. The number of carbonyl (C=O) groups excluding carboxylic acids is 1. The van der Waals surface area contributed by atoms with E-state index in [1.165, 1.54) is 21.0 Å². The van der Waals surface area contributed by atoms with Gasteiger partial charge in [-0.25, -0.2) is 17.9 Å². The molecule has 1 aromatic heterocycles. The van der Waals surface area contributed by atoms with E-state index in [0.29, 0.717) is 0 Å². The molecule has 1 aliphatic rings. The van der Waals surface area contributed by atoms with E-state index >= 15 is 0 Å². The Morgan fingerprint density at radius 3 is 2.38 bits per heavy atom. The number of sulfonamides is 1. The minimum atomic E-state index is -3.92. The summed E-state index contributed by atoms with van der Waals surface area (Å²) < 4.78 is 37.8. The zero-order valence-electron chi connectivity index (χ0n) is 14.2. The number of carbonyl (C=O) groups is 1. The lowest BCUT2D eigenvalue weighted by Gasteiger charge is -2.33. The predicted octanol–water partition coefficient (Wildman–Crippen LogP) is 2.04. The number of halogens is 1. The molecule has 0 aromatic carbocycles. The summed E-state index contributed by atoms with van der Waals surface area (Å²) in [6.45, 7) is 3.18. The van der Waals surface area contributed by atoms with Gasteiger partial charge in [-0.1, -0.05) is 19.3 Å². The number of rotatable bonds is 5. The summed E-state index contributed by atoms with van der Waals surface area (Å²) >= 11 is 0. The minimum Gasteiger partial charge on any atom is -0.465 e. The van der Waals surface area contributed by atoms with Gasteiger partial charge in [0.15, 0.2) is 0 Å². The van der Waals surface area contributed by atoms with Crippen LogP contribution in [0.4, 0.5) is 0 Å². The Hall–Kier alpha value is -1.09. The highest BCUT2D eigenvalue weighted by molar-refractivity contribution is 7.89. The second kappa shape index (κ2) is 7.86. The Labute approximate surface area is 148 Å². The van der Waals surface area contributed by atoms with Gasteiger partial charge >= 0.3 is 5.97 Å². The van der Waals surface area contributed by atoms with Gasteiger partial charge in [-0.15, -0.1) is 12.4 Å². The van der Waals surface area contributed by atoms with Gasteiger partial charge in [0, 0.05) is 12.1 Å². The number of ether oxygens (including phenoxy) is 1. The van der Waals surface area contributed by atoms with E-state index in [1.54, 1.807) is 0 Å². The molecule has 1 fully saturated rings. The van der Waals surface area contributed by atoms with E-state index in [9.17, 15) is 13.2 Å². The van der Waals surface area contributed by atoms with Crippen molar-refractivity contribution < 1.29 is 22.4 Å². The standard InChI is InChI=1S/C15H24N2O5S.ClH/c1-10-12(14(18)21-3)13(11(2)22-10)23(19,20)17-9-15(16)7-5-4-6-8-15;/h17H,4-9,16H2,1-3H3;1H. The first-order valence-electron chi connectivity index (χ1n) is 7.67. The molecule has 9 heteroatoms. The molecule has 0 unspecified atom stereocenters. The fourth-order valence-corrected chi connectivity index (χ4v) is 4.61. The summed E-state index contributed by atoms with van der Waals surface area (Å²) in [5.74, 6) is -0.361. The molecule has 0 aliphatic heterocycles. The van der Waals surface area contributed by atoms with Crippen molar-refractivity contribution >= 4 is 28.4 Å². The third-order valence-electron chi connectivity index (χ3n) is 4.33. The molecule has 1 heterocycles. The molecule has 0 spiro atoms. The molecule has 1 saturated carbocycles. The lowest BCUT2D eigenvalue weighted by Crippen LogP contribution is -2.51. The van der Waals surface area contributed by atoms with Gasteiger partial charge in [0.1, 0.15) is 22.0 Å². The van der Waals surface area contributed by atoms with E-state index in [0.717, 1.165) is 32.1 Å². The molecule has 2 rings (SSSR count). The molecule has 0 amide bonds. The molecule has 0 radical (unpaired) electrons. The van der Waals surface area contributed by atoms with Crippen molar-refractivity contribution in [1.82, 2.24) is 4.72 Å². The zero-order chi connectivity index (χ0) is 17.3. The highest BCUT2D eigenvalue weighted by Crippen LogP contribution is 2.29. The van der Waals surface area contributed by atoms with Crippen LogP contribution in [-0.4, -0.2) is 33.6 Å². The molecule has 0 saturated heterocycles. The van der Waals surface area contributed by atoms with Crippen molar-refractivity contribution in [2.24, 2.45) is 5.73 Å². The van der Waals surface area contributed by atoms with E-state index in [2.05, 4.69) is 9.46 Å². The first-order chi connectivity index (χ1) is 10.7. The maximum atomic E-state index is 12.7. The first-order valence-corrected chi connectivity index (χ1v) is 9.15. The Balaban J connectivity index is 0.00000288. The quantitative estimate of drug-likeness (QED) is 0.756. The van der Waals surface area contributed by atoms with Gasteiger partial charge in [0.25, 0.3) is 0 Å². The van der Waals surface area contributed by atoms with Gasteiger partial charge in [0.2, 0.25) is 10.0 Å². The van der Waals surface area contributed by atoms with Gasteiger partial charge in [-0.05, 0) is 26.7 Å². The number of aryl methyl sites for hydroxylation is 2. The van der Waals surface area contributed by atoms with Crippen molar-refractivity contribution in [2.45, 2.75) is 56.4 Å². The van der Waals surface area contributed by atoms with Gasteiger partial charge in [-0.2, -0.15) is 0 Å². The summed E-state index contributed by atoms with van der Waals surface area (Å²) in [4.78, 5) is 11.7. The molecule has 24 heavy (non-hydrogen) atoms. The fraction of sp³-hybridized carbons (Fsp3) is 0.667. The van der Waals surface area contributed by atoms with Crippen molar-refractivity contribution in [3.63, 3.8) is 0 Å². The average molecular weight is 381 g/mol. The molecule has 1 aromatic rings. The monoisotopic (exact) mass is 380 g/mol. The summed E-state index contributed by atoms with van der Waals surface area (Å²) in [5, 5.41) is 0. The van der Waals surface area contributed by atoms with Crippen LogP contribution in [-0.2, 0) is 14.8 Å². The molecule has 0 atom stereocenters. The van der Waals surface area contributed by atoms with Gasteiger partial charge < -0.3 is 14.9 Å². The fourth-order valence-electron chi connectivity index (χ4n) is 3.07. The number of hydrogen-bond acceptors (Lipinski definition) is 6. The molecule has 1 aliphatic carbocycles. The van der Waals surface area contributed by atoms with Crippen molar-refractivity contribution in [3.8, 4) is 0 Å². The Kier molecular flexibility index (Phi) is 6.86. The highest BCUT2D eigenvalue weighted by Gasteiger charge is 2.34.